The van der Waals surface area contributed by atoms with Crippen molar-refractivity contribution >= 4 is 29.0 Å². The van der Waals surface area contributed by atoms with E-state index in [1.807, 2.05) is 26.0 Å². The van der Waals surface area contributed by atoms with E-state index in [9.17, 15) is 19.7 Å². The fourth-order valence-corrected chi connectivity index (χ4v) is 5.69. The summed E-state index contributed by atoms with van der Waals surface area (Å²) in [5.74, 6) is -0.738. The fraction of sp³-hybridized carbons (Fsp3) is 0.423. The summed E-state index contributed by atoms with van der Waals surface area (Å²) in [6.45, 7) is 10.2. The molecular weight excluding hydrogens is 434 g/mol. The first kappa shape index (κ1) is 23.6. The summed E-state index contributed by atoms with van der Waals surface area (Å²) < 4.78 is 0. The van der Waals surface area contributed by atoms with Crippen LogP contribution in [0.5, 0.6) is 0 Å². The van der Waals surface area contributed by atoms with Gasteiger partial charge in [0.15, 0.2) is 0 Å². The van der Waals surface area contributed by atoms with Crippen molar-refractivity contribution in [2.24, 2.45) is 21.4 Å². The molecule has 2 aromatic carbocycles. The van der Waals surface area contributed by atoms with Crippen molar-refractivity contribution in [3.05, 3.63) is 69.3 Å². The van der Waals surface area contributed by atoms with E-state index in [1.54, 1.807) is 0 Å². The second kappa shape index (κ2) is 8.04. The maximum absolute atomic E-state index is 13.6. The van der Waals surface area contributed by atoms with E-state index in [0.29, 0.717) is 12.1 Å². The molecule has 2 aliphatic carbocycles. The Morgan fingerprint density at radius 1 is 1.03 bits per heavy atom. The van der Waals surface area contributed by atoms with Gasteiger partial charge < -0.3 is 10.2 Å². The molecule has 2 aliphatic rings. The molecule has 178 valence electrons. The van der Waals surface area contributed by atoms with Crippen LogP contribution >= 0.6 is 0 Å². The first-order valence-corrected chi connectivity index (χ1v) is 11.3. The number of fused-ring (bicyclic) bond motifs is 2. The molecule has 1 amide bonds. The zero-order valence-electron chi connectivity index (χ0n) is 20.1. The highest BCUT2D eigenvalue weighted by atomic mass is 16.7. The van der Waals surface area contributed by atoms with Gasteiger partial charge in [-0.05, 0) is 67.5 Å². The predicted octanol–water partition coefficient (Wildman–Crippen LogP) is 5.58. The van der Waals surface area contributed by atoms with Gasteiger partial charge in [-0.2, -0.15) is 0 Å². The highest BCUT2D eigenvalue weighted by Crippen LogP contribution is 2.71. The second-order valence-corrected chi connectivity index (χ2v) is 10.3. The minimum Gasteiger partial charge on any atom is -0.326 e. The van der Waals surface area contributed by atoms with Crippen LogP contribution in [0, 0.1) is 40.2 Å². The third-order valence-corrected chi connectivity index (χ3v) is 8.20. The van der Waals surface area contributed by atoms with Gasteiger partial charge in [-0.25, -0.2) is 4.79 Å². The number of carbonyl (C=O) groups excluding carboxylic acids is 2. The number of nitro groups is 1. The van der Waals surface area contributed by atoms with E-state index < -0.39 is 27.1 Å². The maximum atomic E-state index is 13.6. The first-order chi connectivity index (χ1) is 15.9. The van der Waals surface area contributed by atoms with Crippen LogP contribution in [0.15, 0.2) is 47.6 Å². The van der Waals surface area contributed by atoms with Crippen LogP contribution < -0.4 is 5.32 Å². The molecule has 0 spiro atoms. The lowest BCUT2D eigenvalue weighted by Crippen LogP contribution is -2.43. The summed E-state index contributed by atoms with van der Waals surface area (Å²) in [6.07, 6.45) is 1.89. The number of nitro benzene ring substituents is 1. The van der Waals surface area contributed by atoms with Crippen molar-refractivity contribution in [2.75, 3.05) is 5.32 Å². The van der Waals surface area contributed by atoms with Crippen LogP contribution in [0.4, 0.5) is 11.4 Å². The highest BCUT2D eigenvalue weighted by molar-refractivity contribution is 6.06. The van der Waals surface area contributed by atoms with Gasteiger partial charge in [0.25, 0.3) is 5.69 Å². The Hall–Kier alpha value is -3.55. The van der Waals surface area contributed by atoms with Crippen molar-refractivity contribution in [3.63, 3.8) is 0 Å². The molecule has 2 fully saturated rings. The van der Waals surface area contributed by atoms with Gasteiger partial charge in [0.2, 0.25) is 5.91 Å². The van der Waals surface area contributed by atoms with Crippen molar-refractivity contribution in [3.8, 4) is 0 Å². The number of benzene rings is 2. The summed E-state index contributed by atoms with van der Waals surface area (Å²) in [5, 5.41) is 18.2. The van der Waals surface area contributed by atoms with Crippen molar-refractivity contribution in [2.45, 2.75) is 53.9 Å². The van der Waals surface area contributed by atoms with Gasteiger partial charge in [-0.15, -0.1) is 0 Å². The number of nitrogens with zero attached hydrogens (tertiary/aromatic N) is 2. The van der Waals surface area contributed by atoms with Crippen LogP contribution in [0.2, 0.25) is 0 Å². The Kier molecular flexibility index (Phi) is 5.58. The smallest absolute Gasteiger partial charge is 0.326 e. The van der Waals surface area contributed by atoms with E-state index in [2.05, 4.69) is 37.3 Å². The Labute approximate surface area is 198 Å². The summed E-state index contributed by atoms with van der Waals surface area (Å²) in [4.78, 5) is 41.7. The number of anilines is 1. The quantitative estimate of drug-likeness (QED) is 0.353. The summed E-state index contributed by atoms with van der Waals surface area (Å²) >= 11 is 0. The van der Waals surface area contributed by atoms with Gasteiger partial charge in [-0.3, -0.25) is 14.9 Å². The number of oxime groups is 1. The topological polar surface area (TPSA) is 111 Å². The maximum Gasteiger partial charge on any atom is 0.365 e. The predicted molar refractivity (Wildman–Crippen MR) is 129 cm³/mol. The number of carbonyl (C=O) groups is 2. The second-order valence-electron chi connectivity index (χ2n) is 10.3. The number of nitrogens with one attached hydrogen (secondary N) is 1. The molecule has 4 rings (SSSR count). The van der Waals surface area contributed by atoms with Crippen molar-refractivity contribution in [1.29, 1.82) is 0 Å². The number of hydrogen-bond donors (Lipinski definition) is 1. The molecule has 0 saturated heterocycles. The van der Waals surface area contributed by atoms with E-state index in [-0.39, 0.29) is 17.2 Å². The van der Waals surface area contributed by atoms with E-state index in [1.165, 1.54) is 24.3 Å². The van der Waals surface area contributed by atoms with Gasteiger partial charge in [0, 0.05) is 29.7 Å². The third kappa shape index (κ3) is 3.57. The molecular formula is C26H29N3O5. The van der Waals surface area contributed by atoms with E-state index in [4.69, 9.17) is 4.84 Å². The zero-order valence-corrected chi connectivity index (χ0v) is 20.1. The molecule has 1 N–H and O–H groups in total. The molecule has 2 unspecified atom stereocenters. The van der Waals surface area contributed by atoms with E-state index >= 15 is 0 Å². The molecule has 2 aromatic rings. The van der Waals surface area contributed by atoms with Crippen LogP contribution in [0.1, 0.15) is 61.5 Å². The van der Waals surface area contributed by atoms with Crippen molar-refractivity contribution < 1.29 is 19.3 Å². The molecule has 0 aromatic heterocycles. The zero-order chi connectivity index (χ0) is 24.9. The number of aryl methyl sites for hydroxylation is 2. The molecule has 0 heterocycles. The van der Waals surface area contributed by atoms with Crippen LogP contribution in [0.3, 0.4) is 0 Å². The lowest BCUT2D eigenvalue weighted by atomic mass is 9.64. The summed E-state index contributed by atoms with van der Waals surface area (Å²) in [5.41, 5.74) is 2.21. The van der Waals surface area contributed by atoms with Crippen molar-refractivity contribution in [1.82, 2.24) is 0 Å². The summed E-state index contributed by atoms with van der Waals surface area (Å²) in [7, 11) is 0. The molecule has 0 radical (unpaired) electrons. The van der Waals surface area contributed by atoms with Gasteiger partial charge in [0.05, 0.1) is 21.6 Å². The Bertz CT molecular complexity index is 1200. The molecule has 0 aliphatic heterocycles. The fourth-order valence-electron chi connectivity index (χ4n) is 5.69. The van der Waals surface area contributed by atoms with Crippen LogP contribution in [-0.2, 0) is 9.63 Å². The third-order valence-electron chi connectivity index (χ3n) is 8.20. The number of non-ortho nitro benzene ring substituents is 1. The van der Waals surface area contributed by atoms with E-state index in [0.717, 1.165) is 29.7 Å². The Balaban J connectivity index is 1.57. The Morgan fingerprint density at radius 2 is 1.65 bits per heavy atom. The van der Waals surface area contributed by atoms with Gasteiger partial charge in [0.1, 0.15) is 0 Å². The number of rotatable bonds is 5. The van der Waals surface area contributed by atoms with Crippen LogP contribution in [-0.4, -0.2) is 22.5 Å². The molecule has 8 heteroatoms. The molecule has 2 saturated carbocycles. The van der Waals surface area contributed by atoms with Gasteiger partial charge in [-0.1, -0.05) is 32.0 Å². The molecule has 34 heavy (non-hydrogen) atoms. The Morgan fingerprint density at radius 3 is 2.24 bits per heavy atom. The molecule has 8 nitrogen and oxygen atoms in total. The number of hydrogen-bond acceptors (Lipinski definition) is 6. The number of amides is 1. The van der Waals surface area contributed by atoms with Crippen LogP contribution in [0.25, 0.3) is 0 Å². The van der Waals surface area contributed by atoms with Gasteiger partial charge >= 0.3 is 5.97 Å². The monoisotopic (exact) mass is 463 g/mol. The lowest BCUT2D eigenvalue weighted by Gasteiger charge is -2.39. The molecule has 2 bridgehead atoms. The SMILES string of the molecule is Cc1cc(C)cc(NC(=O)C23CCC(C)(/C(=N\OC(=O)c4ccc([N+](=O)[O-])cc4)C2)C3(C)C)c1. The minimum absolute atomic E-state index is 0.0434. The first-order valence-electron chi connectivity index (χ1n) is 11.3. The summed E-state index contributed by atoms with van der Waals surface area (Å²) in [6, 6.07) is 11.1. The minimum atomic E-state index is -0.694. The lowest BCUT2D eigenvalue weighted by molar-refractivity contribution is -0.384. The molecule has 2 atom stereocenters. The average Bonchev–Trinajstić information content (AvgIpc) is 3.07. The highest BCUT2D eigenvalue weighted by Gasteiger charge is 2.71. The standard InChI is InChI=1S/C26H29N3O5/c1-16-12-17(2)14-19(13-16)27-23(31)26-11-10-25(5,24(26,3)4)21(15-26)28-34-22(30)18-6-8-20(9-7-18)29(32)33/h6-9,12-14H,10-11,15H2,1-5H3,(H,27,31)/b28-21-. The average molecular weight is 464 g/mol. The normalized spacial score (nSPS) is 25.9. The largest absolute Gasteiger partial charge is 0.365 e.